The van der Waals surface area contributed by atoms with Gasteiger partial charge in [0.05, 0.1) is 41.6 Å². The van der Waals surface area contributed by atoms with Crippen molar-refractivity contribution in [3.8, 4) is 0 Å². The molecule has 3 heterocycles. The molecule has 0 unspecified atom stereocenters. The Morgan fingerprint density at radius 2 is 1.01 bits per heavy atom. The number of amides is 6. The number of urea groups is 3. The largest absolute Gasteiger partial charge is 0.481 e. The first kappa shape index (κ1) is 60.3. The molecule has 4 aliphatic carbocycles. The molecule has 80 heavy (non-hydrogen) atoms. The molecule has 3 aromatic carbocycles. The molecule has 10 rings (SSSR count). The van der Waals surface area contributed by atoms with Gasteiger partial charge in [0.2, 0.25) is 0 Å². The summed E-state index contributed by atoms with van der Waals surface area (Å²) in [5.41, 5.74) is 2.20. The molecular weight excluding hydrogens is 1010 g/mol. The van der Waals surface area contributed by atoms with E-state index in [2.05, 4.69) is 158 Å². The fraction of sp³-hybridized carbons (Fsp3) is 0.635. The molecule has 3 spiro atoms. The van der Waals surface area contributed by atoms with E-state index >= 15 is 0 Å². The maximum absolute atomic E-state index is 13.3. The zero-order chi connectivity index (χ0) is 57.8. The molecule has 438 valence electrons. The molecule has 0 aromatic heterocycles. The van der Waals surface area contributed by atoms with Crippen LogP contribution in [0, 0.1) is 0 Å². The molecule has 4 saturated carbocycles. The summed E-state index contributed by atoms with van der Waals surface area (Å²) in [7, 11) is 12.9. The summed E-state index contributed by atoms with van der Waals surface area (Å²) in [5, 5.41) is 29.3. The Morgan fingerprint density at radius 1 is 0.575 bits per heavy atom. The van der Waals surface area contributed by atoms with Crippen molar-refractivity contribution < 1.29 is 38.9 Å². The summed E-state index contributed by atoms with van der Waals surface area (Å²) in [4.78, 5) is 72.8. The third-order valence-corrected chi connectivity index (χ3v) is 19.6. The lowest BCUT2D eigenvalue weighted by Crippen LogP contribution is -2.59. The molecule has 7 fully saturated rings. The van der Waals surface area contributed by atoms with Gasteiger partial charge in [-0.2, -0.15) is 0 Å². The Balaban J connectivity index is 0.000000161. The van der Waals surface area contributed by atoms with Crippen LogP contribution in [0.1, 0.15) is 147 Å². The SMILES string of the molecule is CN(C)C1(c2ccccc2)CCC2(CC1)CN(CCC(=O)O)C(=O)N2CC1(O)CCC1.CN(C)C1(c2ccccc2)CCC2(CC1)CN(CCC(=O)OC(C)(C)C)C(=O)N2.CN(C)C1(c2ccccc2)CCC2(CC1)CNC(=O)N2. The van der Waals surface area contributed by atoms with Gasteiger partial charge in [-0.3, -0.25) is 24.3 Å². The Kier molecular flexibility index (Phi) is 18.1. The van der Waals surface area contributed by atoms with Crippen molar-refractivity contribution >= 4 is 30.0 Å². The van der Waals surface area contributed by atoms with E-state index < -0.39 is 17.2 Å². The van der Waals surface area contributed by atoms with Crippen LogP contribution >= 0.6 is 0 Å². The van der Waals surface area contributed by atoms with Crippen LogP contribution in [0.25, 0.3) is 0 Å². The highest BCUT2D eigenvalue weighted by Gasteiger charge is 2.57. The zero-order valence-electron chi connectivity index (χ0n) is 49.5. The van der Waals surface area contributed by atoms with Crippen molar-refractivity contribution in [2.24, 2.45) is 0 Å². The normalized spacial score (nSPS) is 29.9. The van der Waals surface area contributed by atoms with Gasteiger partial charge in [-0.25, -0.2) is 14.4 Å². The van der Waals surface area contributed by atoms with Gasteiger partial charge in [0.15, 0.2) is 0 Å². The standard InChI is InChI=1S/C24H35N3O4.C23H35N3O3.C16H23N3O/c1-25(2)24(19-7-4-3-5-8-19)14-12-22(13-15-24)17-26(16-9-20(28)29)21(30)27(22)18-23(31)10-6-11-23;1-21(2,3)29-19(27)11-16-26-17-22(24-20(26)28)12-14-23(15-13-22,25(4)5)18-9-7-6-8-10-18;1-19(2)16(13-6-4-3-5-7-13)10-8-15(9-11-16)12-17-14(20)18-15/h3-5,7-8,31H,6,9-18H2,1-2H3,(H,28,29);6-10H,11-17H2,1-5H3,(H,24,28);3-7H,8-12H2,1-2H3,(H2,17,18,20). The van der Waals surface area contributed by atoms with Gasteiger partial charge in [-0.15, -0.1) is 0 Å². The lowest BCUT2D eigenvalue weighted by molar-refractivity contribution is -0.155. The molecule has 3 aliphatic heterocycles. The van der Waals surface area contributed by atoms with Crippen molar-refractivity contribution in [2.45, 2.75) is 174 Å². The summed E-state index contributed by atoms with van der Waals surface area (Å²) in [6.45, 7) is 8.53. The number of carbonyl (C=O) groups excluding carboxylic acids is 4. The summed E-state index contributed by atoms with van der Waals surface area (Å²) in [6, 6.07) is 31.8. The average molecular weight is 1100 g/mol. The van der Waals surface area contributed by atoms with Gasteiger partial charge >= 0.3 is 30.0 Å². The van der Waals surface area contributed by atoms with Crippen LogP contribution in [-0.4, -0.2) is 179 Å². The van der Waals surface area contributed by atoms with Crippen LogP contribution in [0.15, 0.2) is 91.0 Å². The molecule has 7 aliphatic rings. The smallest absolute Gasteiger partial charge is 0.320 e. The van der Waals surface area contributed by atoms with Crippen LogP contribution in [0.2, 0.25) is 0 Å². The Morgan fingerprint density at radius 3 is 1.40 bits per heavy atom. The third-order valence-electron chi connectivity index (χ3n) is 19.6. The second-order valence-electron chi connectivity index (χ2n) is 26.2. The predicted octanol–water partition coefficient (Wildman–Crippen LogP) is 8.47. The first-order chi connectivity index (χ1) is 37.8. The highest BCUT2D eigenvalue weighted by atomic mass is 16.6. The van der Waals surface area contributed by atoms with Gasteiger partial charge in [0.1, 0.15) is 5.60 Å². The maximum Gasteiger partial charge on any atom is 0.320 e. The quantitative estimate of drug-likeness (QED) is 0.0974. The summed E-state index contributed by atoms with van der Waals surface area (Å²) in [6.07, 6.45) is 14.2. The number of aliphatic carboxylic acids is 1. The minimum atomic E-state index is -0.891. The Bertz CT molecular complexity index is 2600. The predicted molar refractivity (Wildman–Crippen MR) is 311 cm³/mol. The summed E-state index contributed by atoms with van der Waals surface area (Å²) >= 11 is 0. The zero-order valence-corrected chi connectivity index (χ0v) is 49.5. The number of carboxylic acids is 1. The van der Waals surface area contributed by atoms with E-state index in [0.29, 0.717) is 26.2 Å². The van der Waals surface area contributed by atoms with E-state index in [4.69, 9.17) is 9.84 Å². The minimum Gasteiger partial charge on any atom is -0.481 e. The van der Waals surface area contributed by atoms with Crippen molar-refractivity contribution in [1.29, 1.82) is 0 Å². The number of ether oxygens (including phenoxy) is 1. The van der Waals surface area contributed by atoms with Crippen molar-refractivity contribution in [3.05, 3.63) is 108 Å². The molecule has 17 heteroatoms. The molecule has 3 aromatic rings. The van der Waals surface area contributed by atoms with Crippen LogP contribution in [0.3, 0.4) is 0 Å². The molecule has 6 amide bonds. The van der Waals surface area contributed by atoms with Gasteiger partial charge in [-0.05, 0) is 176 Å². The lowest BCUT2D eigenvalue weighted by atomic mass is 9.67. The maximum atomic E-state index is 13.3. The number of esters is 1. The van der Waals surface area contributed by atoms with Gasteiger partial charge < -0.3 is 45.6 Å². The van der Waals surface area contributed by atoms with E-state index in [1.165, 1.54) is 16.7 Å². The first-order valence-electron chi connectivity index (χ1n) is 29.4. The van der Waals surface area contributed by atoms with Crippen LogP contribution in [0.4, 0.5) is 14.4 Å². The fourth-order valence-electron chi connectivity index (χ4n) is 14.4. The highest BCUT2D eigenvalue weighted by Crippen LogP contribution is 2.51. The minimum absolute atomic E-state index is 0.00116. The summed E-state index contributed by atoms with van der Waals surface area (Å²) in [5.74, 6) is -1.15. The second kappa shape index (κ2) is 24.0. The number of nitrogens with zero attached hydrogens (tertiary/aromatic N) is 6. The third kappa shape index (κ3) is 13.0. The first-order valence-corrected chi connectivity index (χ1v) is 29.4. The van der Waals surface area contributed by atoms with Gasteiger partial charge in [0.25, 0.3) is 0 Å². The highest BCUT2D eigenvalue weighted by molar-refractivity contribution is 5.80. The number of hydrogen-bond donors (Lipinski definition) is 5. The fourth-order valence-corrected chi connectivity index (χ4v) is 14.4. The van der Waals surface area contributed by atoms with E-state index in [1.807, 2.05) is 31.7 Å². The van der Waals surface area contributed by atoms with Crippen LogP contribution in [0.5, 0.6) is 0 Å². The lowest BCUT2D eigenvalue weighted by Gasteiger charge is -2.52. The molecule has 5 N–H and O–H groups in total. The number of rotatable bonds is 14. The van der Waals surface area contributed by atoms with E-state index in [9.17, 15) is 29.1 Å². The monoisotopic (exact) mass is 1100 g/mol. The molecular formula is C63H93N9O8. The van der Waals surface area contributed by atoms with Crippen LogP contribution < -0.4 is 16.0 Å². The molecule has 0 atom stereocenters. The van der Waals surface area contributed by atoms with Crippen LogP contribution in [-0.2, 0) is 30.9 Å². The van der Waals surface area contributed by atoms with Crippen molar-refractivity contribution in [2.75, 3.05) is 81.6 Å². The van der Waals surface area contributed by atoms with E-state index in [1.54, 1.807) is 9.80 Å². The van der Waals surface area contributed by atoms with E-state index in [-0.39, 0.29) is 76.7 Å². The number of hydrogen-bond acceptors (Lipinski definition) is 10. The topological polar surface area (TPSA) is 191 Å². The number of β-amino-alcohol motifs (C(OH)–C–C–N with tert-alkyl or cyclic N) is 1. The number of carboxylic acid groups (broad SMARTS) is 1. The number of carbonyl (C=O) groups is 5. The van der Waals surface area contributed by atoms with E-state index in [0.717, 1.165) is 103 Å². The molecule has 0 bridgehead atoms. The second-order valence-corrected chi connectivity index (χ2v) is 26.2. The number of aliphatic hydroxyl groups is 1. The Hall–Kier alpha value is -5.75. The van der Waals surface area contributed by atoms with Crippen molar-refractivity contribution in [3.63, 3.8) is 0 Å². The average Bonchev–Trinajstić information content (AvgIpc) is 4.09. The van der Waals surface area contributed by atoms with Gasteiger partial charge in [-0.1, -0.05) is 91.0 Å². The molecule has 17 nitrogen and oxygen atoms in total. The van der Waals surface area contributed by atoms with Gasteiger partial charge in [0, 0.05) is 49.3 Å². The molecule has 3 saturated heterocycles. The Labute approximate surface area is 476 Å². The molecule has 0 radical (unpaired) electrons. The number of benzene rings is 3. The van der Waals surface area contributed by atoms with Crippen molar-refractivity contribution in [1.82, 2.24) is 45.3 Å². The number of nitrogens with one attached hydrogen (secondary N) is 3. The summed E-state index contributed by atoms with van der Waals surface area (Å²) < 4.78 is 5.37.